The second-order valence-electron chi connectivity index (χ2n) is 5.80. The summed E-state index contributed by atoms with van der Waals surface area (Å²) in [4.78, 5) is 2.36. The Hall–Kier alpha value is -0.130. The van der Waals surface area contributed by atoms with Gasteiger partial charge in [0.05, 0.1) is 11.5 Å². The van der Waals surface area contributed by atoms with E-state index in [2.05, 4.69) is 24.1 Å². The van der Waals surface area contributed by atoms with E-state index in [9.17, 15) is 8.42 Å². The van der Waals surface area contributed by atoms with Gasteiger partial charge >= 0.3 is 0 Å². The molecule has 0 aromatic heterocycles. The SMILES string of the molecule is CC(C)CN[C@@H]1CS(=O)(=O)C[C@@H]1N1CCCC1. The van der Waals surface area contributed by atoms with Gasteiger partial charge < -0.3 is 5.32 Å². The number of nitrogens with one attached hydrogen (secondary N) is 1. The molecule has 100 valence electrons. The molecule has 0 spiro atoms. The van der Waals surface area contributed by atoms with Crippen LogP contribution in [0, 0.1) is 5.92 Å². The summed E-state index contributed by atoms with van der Waals surface area (Å²) >= 11 is 0. The van der Waals surface area contributed by atoms with Crippen LogP contribution in [0.4, 0.5) is 0 Å². The highest BCUT2D eigenvalue weighted by Crippen LogP contribution is 2.22. The van der Waals surface area contributed by atoms with Gasteiger partial charge in [-0.3, -0.25) is 4.90 Å². The first-order valence-corrected chi connectivity index (χ1v) is 8.48. The predicted molar refractivity (Wildman–Crippen MR) is 69.9 cm³/mol. The minimum absolute atomic E-state index is 0.139. The summed E-state index contributed by atoms with van der Waals surface area (Å²) < 4.78 is 23.6. The van der Waals surface area contributed by atoms with E-state index in [1.807, 2.05) is 0 Å². The lowest BCUT2D eigenvalue weighted by Crippen LogP contribution is -2.49. The first-order chi connectivity index (χ1) is 7.98. The molecule has 2 aliphatic rings. The molecule has 2 aliphatic heterocycles. The van der Waals surface area contributed by atoms with Crippen molar-refractivity contribution in [1.29, 1.82) is 0 Å². The molecule has 1 N–H and O–H groups in total. The highest BCUT2D eigenvalue weighted by atomic mass is 32.2. The maximum absolute atomic E-state index is 11.8. The minimum atomic E-state index is -2.83. The normalized spacial score (nSPS) is 33.6. The number of nitrogens with zero attached hydrogens (tertiary/aromatic N) is 1. The molecular weight excluding hydrogens is 236 g/mol. The topological polar surface area (TPSA) is 49.4 Å². The number of rotatable bonds is 4. The molecule has 0 aliphatic carbocycles. The third kappa shape index (κ3) is 3.42. The lowest BCUT2D eigenvalue weighted by Gasteiger charge is -2.28. The number of hydrogen-bond acceptors (Lipinski definition) is 4. The molecule has 0 aromatic carbocycles. The highest BCUT2D eigenvalue weighted by Gasteiger charge is 2.41. The molecule has 5 heteroatoms. The van der Waals surface area contributed by atoms with E-state index in [1.165, 1.54) is 12.8 Å². The van der Waals surface area contributed by atoms with Gasteiger partial charge in [-0.2, -0.15) is 0 Å². The van der Waals surface area contributed by atoms with Crippen molar-refractivity contribution in [3.8, 4) is 0 Å². The van der Waals surface area contributed by atoms with Crippen LogP contribution in [-0.4, -0.2) is 56.5 Å². The Labute approximate surface area is 105 Å². The highest BCUT2D eigenvalue weighted by molar-refractivity contribution is 7.91. The summed E-state index contributed by atoms with van der Waals surface area (Å²) in [5, 5.41) is 3.44. The molecule has 17 heavy (non-hydrogen) atoms. The first kappa shape index (κ1) is 13.3. The molecule has 0 bridgehead atoms. The molecule has 0 unspecified atom stereocenters. The van der Waals surface area contributed by atoms with E-state index >= 15 is 0 Å². The van der Waals surface area contributed by atoms with Crippen molar-refractivity contribution in [1.82, 2.24) is 10.2 Å². The van der Waals surface area contributed by atoms with Gasteiger partial charge in [0.25, 0.3) is 0 Å². The van der Waals surface area contributed by atoms with Gasteiger partial charge in [0.15, 0.2) is 9.84 Å². The molecule has 0 amide bonds. The van der Waals surface area contributed by atoms with E-state index in [-0.39, 0.29) is 12.1 Å². The van der Waals surface area contributed by atoms with E-state index < -0.39 is 9.84 Å². The largest absolute Gasteiger partial charge is 0.311 e. The minimum Gasteiger partial charge on any atom is -0.311 e. The van der Waals surface area contributed by atoms with Gasteiger partial charge in [-0.15, -0.1) is 0 Å². The van der Waals surface area contributed by atoms with Crippen molar-refractivity contribution in [2.24, 2.45) is 5.92 Å². The van der Waals surface area contributed by atoms with Crippen LogP contribution in [0.1, 0.15) is 26.7 Å². The van der Waals surface area contributed by atoms with E-state index in [1.54, 1.807) is 0 Å². The van der Waals surface area contributed by atoms with Crippen LogP contribution in [0.3, 0.4) is 0 Å². The van der Waals surface area contributed by atoms with Crippen molar-refractivity contribution in [3.05, 3.63) is 0 Å². The first-order valence-electron chi connectivity index (χ1n) is 6.66. The van der Waals surface area contributed by atoms with Crippen LogP contribution in [0.2, 0.25) is 0 Å². The molecule has 0 aromatic rings. The molecule has 2 heterocycles. The molecule has 2 fully saturated rings. The van der Waals surface area contributed by atoms with Gasteiger partial charge in [-0.05, 0) is 38.4 Å². The number of sulfone groups is 1. The Morgan fingerprint density at radius 1 is 1.24 bits per heavy atom. The molecule has 0 radical (unpaired) electrons. The number of likely N-dealkylation sites (tertiary alicyclic amines) is 1. The van der Waals surface area contributed by atoms with Crippen LogP contribution < -0.4 is 5.32 Å². The summed E-state index contributed by atoms with van der Waals surface area (Å²) in [6.45, 7) is 7.35. The lowest BCUT2D eigenvalue weighted by atomic mass is 10.1. The van der Waals surface area contributed by atoms with Gasteiger partial charge in [0.2, 0.25) is 0 Å². The average Bonchev–Trinajstić information content (AvgIpc) is 2.81. The molecular formula is C12H24N2O2S. The fraction of sp³-hybridized carbons (Fsp3) is 1.00. The maximum Gasteiger partial charge on any atom is 0.153 e. The van der Waals surface area contributed by atoms with Crippen LogP contribution in [0.15, 0.2) is 0 Å². The third-order valence-corrected chi connectivity index (χ3v) is 5.44. The van der Waals surface area contributed by atoms with E-state index in [0.717, 1.165) is 19.6 Å². The zero-order valence-corrected chi connectivity index (χ0v) is 11.7. The smallest absolute Gasteiger partial charge is 0.153 e. The van der Waals surface area contributed by atoms with Crippen molar-refractivity contribution in [2.75, 3.05) is 31.1 Å². The predicted octanol–water partition coefficient (Wildman–Crippen LogP) is 0.493. The Kier molecular flexibility index (Phi) is 4.10. The van der Waals surface area contributed by atoms with Gasteiger partial charge in [0.1, 0.15) is 0 Å². The van der Waals surface area contributed by atoms with Gasteiger partial charge in [0, 0.05) is 12.1 Å². The Morgan fingerprint density at radius 2 is 1.88 bits per heavy atom. The quantitative estimate of drug-likeness (QED) is 0.799. The maximum atomic E-state index is 11.8. The summed E-state index contributed by atoms with van der Waals surface area (Å²) in [5.41, 5.74) is 0. The summed E-state index contributed by atoms with van der Waals surface area (Å²) in [7, 11) is -2.83. The second-order valence-corrected chi connectivity index (χ2v) is 7.95. The molecule has 2 saturated heterocycles. The summed E-state index contributed by atoms with van der Waals surface area (Å²) in [5.74, 6) is 1.24. The van der Waals surface area contributed by atoms with E-state index in [4.69, 9.17) is 0 Å². The van der Waals surface area contributed by atoms with E-state index in [0.29, 0.717) is 17.4 Å². The zero-order chi connectivity index (χ0) is 12.5. The van der Waals surface area contributed by atoms with Crippen molar-refractivity contribution < 1.29 is 8.42 Å². The van der Waals surface area contributed by atoms with Crippen LogP contribution in [0.5, 0.6) is 0 Å². The Bertz CT molecular complexity index is 348. The third-order valence-electron chi connectivity index (χ3n) is 3.72. The van der Waals surface area contributed by atoms with Crippen LogP contribution >= 0.6 is 0 Å². The molecule has 2 atom stereocenters. The summed E-state index contributed by atoms with van der Waals surface area (Å²) in [6, 6.07) is 0.349. The van der Waals surface area contributed by atoms with Gasteiger partial charge in [-0.1, -0.05) is 13.8 Å². The monoisotopic (exact) mass is 260 g/mol. The van der Waals surface area contributed by atoms with Crippen LogP contribution in [-0.2, 0) is 9.84 Å². The lowest BCUT2D eigenvalue weighted by molar-refractivity contribution is 0.224. The fourth-order valence-electron chi connectivity index (χ4n) is 2.84. The second kappa shape index (κ2) is 5.24. The average molecular weight is 260 g/mol. The van der Waals surface area contributed by atoms with Gasteiger partial charge in [-0.25, -0.2) is 8.42 Å². The van der Waals surface area contributed by atoms with Crippen LogP contribution in [0.25, 0.3) is 0 Å². The van der Waals surface area contributed by atoms with Crippen molar-refractivity contribution in [2.45, 2.75) is 38.8 Å². The Balaban J connectivity index is 2.00. The van der Waals surface area contributed by atoms with Crippen molar-refractivity contribution >= 4 is 9.84 Å². The zero-order valence-electron chi connectivity index (χ0n) is 10.9. The number of hydrogen-bond donors (Lipinski definition) is 1. The molecule has 2 rings (SSSR count). The standard InChI is InChI=1S/C12H24N2O2S/c1-10(2)7-13-11-8-17(15,16)9-12(11)14-5-3-4-6-14/h10-13H,3-9H2,1-2H3/t11-,12+/m1/s1. The van der Waals surface area contributed by atoms with Crippen molar-refractivity contribution in [3.63, 3.8) is 0 Å². The molecule has 0 saturated carbocycles. The summed E-state index contributed by atoms with van der Waals surface area (Å²) in [6.07, 6.45) is 2.43. The fourth-order valence-corrected chi connectivity index (χ4v) is 4.83. The Morgan fingerprint density at radius 3 is 2.47 bits per heavy atom. The molecule has 4 nitrogen and oxygen atoms in total.